The number of rotatable bonds is 8. The Morgan fingerprint density at radius 3 is 2.45 bits per heavy atom. The summed E-state index contributed by atoms with van der Waals surface area (Å²) in [4.78, 5) is 79.8. The number of imide groups is 1. The molecule has 3 aromatic carbocycles. The van der Waals surface area contributed by atoms with E-state index in [4.69, 9.17) is 23.2 Å². The Balaban J connectivity index is 0.818. The summed E-state index contributed by atoms with van der Waals surface area (Å²) in [5.41, 5.74) is 0.912. The molecule has 16 heteroatoms. The molecule has 64 heavy (non-hydrogen) atoms. The number of halogens is 3. The Morgan fingerprint density at radius 1 is 0.906 bits per heavy atom. The molecule has 4 atom stereocenters. The van der Waals surface area contributed by atoms with Crippen molar-refractivity contribution in [2.75, 3.05) is 11.9 Å². The molecular formula is C48H50Cl2FN7O6. The lowest BCUT2D eigenvalue weighted by atomic mass is 9.55. The standard InChI is InChI=1S/C48H50Cl2FN7O6/c1-57-37-25-27(12-19-35(37)58(46(57)64)36-20-21-38(59)55-43(36)61)9-4-2-7-24-52-42(60)28-13-16-30(17-14-28)53-44(62)41-39(31-10-8-11-33(50)40(31)51)48(47(56-41)22-5-3-6-23-47)32-18-15-29(49)26-34(32)54-45(48)63/h8,10-12,15,18-19,25-26,28,30,36,39,41,56H,2-3,5-7,13-14,16-17,20-24H2,1H3,(H,52,60)(H,53,62)(H,54,63)(H,55,59,61)/t28?,30?,36?,39-,41+,48+/m0/s1. The van der Waals surface area contributed by atoms with E-state index in [1.807, 2.05) is 12.1 Å². The maximum Gasteiger partial charge on any atom is 0.329 e. The number of unbranched alkanes of at least 4 members (excludes halogenated alkanes) is 1. The number of benzene rings is 3. The Labute approximate surface area is 379 Å². The fourth-order valence-corrected chi connectivity index (χ4v) is 11.7. The number of aromatic nitrogens is 2. The summed E-state index contributed by atoms with van der Waals surface area (Å²) in [6, 6.07) is 13.5. The van der Waals surface area contributed by atoms with Gasteiger partial charge in [0.15, 0.2) is 0 Å². The summed E-state index contributed by atoms with van der Waals surface area (Å²) >= 11 is 12.8. The number of amides is 5. The number of fused-ring (bicyclic) bond motifs is 4. The van der Waals surface area contributed by atoms with E-state index in [9.17, 15) is 28.8 Å². The number of anilines is 1. The minimum absolute atomic E-state index is 0.0363. The lowest BCUT2D eigenvalue weighted by molar-refractivity contribution is -0.136. The van der Waals surface area contributed by atoms with Crippen LogP contribution in [0.5, 0.6) is 0 Å². The van der Waals surface area contributed by atoms with Gasteiger partial charge in [-0.25, -0.2) is 9.18 Å². The van der Waals surface area contributed by atoms with Gasteiger partial charge in [0.1, 0.15) is 17.3 Å². The average molecular weight is 911 g/mol. The maximum absolute atomic E-state index is 16.3. The van der Waals surface area contributed by atoms with Crippen LogP contribution in [0.3, 0.4) is 0 Å². The Kier molecular flexibility index (Phi) is 11.9. The summed E-state index contributed by atoms with van der Waals surface area (Å²) in [5.74, 6) is 3.04. The second kappa shape index (κ2) is 17.5. The highest BCUT2D eigenvalue weighted by Crippen LogP contribution is 2.62. The van der Waals surface area contributed by atoms with Crippen molar-refractivity contribution in [2.45, 2.75) is 118 Å². The van der Waals surface area contributed by atoms with Gasteiger partial charge < -0.3 is 16.0 Å². The van der Waals surface area contributed by atoms with E-state index < -0.39 is 40.7 Å². The maximum atomic E-state index is 16.3. The van der Waals surface area contributed by atoms with Crippen molar-refractivity contribution < 1.29 is 28.4 Å². The fraction of sp³-hybridized carbons (Fsp3) is 0.458. The first kappa shape index (κ1) is 43.7. The first-order valence-electron chi connectivity index (χ1n) is 22.3. The number of piperidine rings is 1. The molecule has 5 amide bonds. The zero-order valence-corrected chi connectivity index (χ0v) is 37.0. The van der Waals surface area contributed by atoms with Crippen LogP contribution in [0.15, 0.2) is 59.4 Å². The second-order valence-corrected chi connectivity index (χ2v) is 18.8. The molecule has 1 aromatic heterocycles. The lowest BCUT2D eigenvalue weighted by Crippen LogP contribution is -2.60. The molecule has 5 aliphatic rings. The molecule has 334 valence electrons. The average Bonchev–Trinajstić information content (AvgIpc) is 3.83. The molecule has 5 N–H and O–H groups in total. The summed E-state index contributed by atoms with van der Waals surface area (Å²) in [7, 11) is 1.64. The molecule has 0 radical (unpaired) electrons. The molecule has 3 aliphatic heterocycles. The van der Waals surface area contributed by atoms with Gasteiger partial charge in [0.05, 0.1) is 22.1 Å². The molecule has 4 aromatic rings. The van der Waals surface area contributed by atoms with Crippen LogP contribution in [0.4, 0.5) is 10.1 Å². The van der Waals surface area contributed by atoms with Crippen LogP contribution in [0, 0.1) is 23.6 Å². The number of hydrogen-bond donors (Lipinski definition) is 5. The van der Waals surface area contributed by atoms with Gasteiger partial charge in [-0.2, -0.15) is 0 Å². The van der Waals surface area contributed by atoms with Crippen LogP contribution < -0.4 is 32.3 Å². The molecule has 4 fully saturated rings. The molecule has 13 nitrogen and oxygen atoms in total. The van der Waals surface area contributed by atoms with E-state index in [1.165, 1.54) is 15.2 Å². The predicted molar refractivity (Wildman–Crippen MR) is 240 cm³/mol. The van der Waals surface area contributed by atoms with Crippen LogP contribution in [0.2, 0.25) is 10.0 Å². The summed E-state index contributed by atoms with van der Waals surface area (Å²) < 4.78 is 19.2. The number of hydrogen-bond acceptors (Lipinski definition) is 7. The molecule has 2 saturated heterocycles. The zero-order valence-electron chi connectivity index (χ0n) is 35.5. The van der Waals surface area contributed by atoms with Crippen molar-refractivity contribution in [3.05, 3.63) is 97.6 Å². The van der Waals surface area contributed by atoms with Gasteiger partial charge in [0.25, 0.3) is 0 Å². The summed E-state index contributed by atoms with van der Waals surface area (Å²) in [5, 5.41) is 15.7. The number of aryl methyl sites for hydroxylation is 1. The van der Waals surface area contributed by atoms with Gasteiger partial charge in [-0.05, 0) is 98.9 Å². The van der Waals surface area contributed by atoms with Gasteiger partial charge in [-0.15, -0.1) is 0 Å². The Bertz CT molecular complexity index is 2710. The third-order valence-corrected chi connectivity index (χ3v) is 14.9. The van der Waals surface area contributed by atoms with Crippen LogP contribution >= 0.6 is 23.2 Å². The van der Waals surface area contributed by atoms with E-state index in [1.54, 1.807) is 43.4 Å². The molecule has 9 rings (SSSR count). The highest BCUT2D eigenvalue weighted by atomic mass is 35.5. The Morgan fingerprint density at radius 2 is 1.69 bits per heavy atom. The van der Waals surface area contributed by atoms with Crippen LogP contribution in [0.1, 0.15) is 112 Å². The van der Waals surface area contributed by atoms with Crippen LogP contribution in [0.25, 0.3) is 11.0 Å². The van der Waals surface area contributed by atoms with Gasteiger partial charge in [0.2, 0.25) is 29.5 Å². The fourth-order valence-electron chi connectivity index (χ4n) is 11.4. The quantitative estimate of drug-likeness (QED) is 0.0816. The monoisotopic (exact) mass is 909 g/mol. The van der Waals surface area contributed by atoms with Crippen molar-refractivity contribution in [2.24, 2.45) is 13.0 Å². The summed E-state index contributed by atoms with van der Waals surface area (Å²) in [6.45, 7) is 0.452. The van der Waals surface area contributed by atoms with Crippen molar-refractivity contribution in [3.8, 4) is 11.8 Å². The van der Waals surface area contributed by atoms with Crippen LogP contribution in [-0.4, -0.2) is 62.8 Å². The van der Waals surface area contributed by atoms with Crippen molar-refractivity contribution in [3.63, 3.8) is 0 Å². The SMILES string of the molecule is Cn1c(=O)n(C2CCC(=O)NC2=O)c2ccc(C#CCCCNC(=O)C3CCC(NC(=O)[C@@H]4NC5(CCCCC5)[C@@]5(C(=O)Nc6cc(Cl)ccc65)[C@H]4c4cccc(Cl)c4F)CC3)cc21. The highest BCUT2D eigenvalue weighted by Gasteiger charge is 2.72. The number of carbonyl (C=O) groups excluding carboxylic acids is 5. The molecule has 1 unspecified atom stereocenters. The molecule has 4 heterocycles. The molecule has 2 spiro atoms. The van der Waals surface area contributed by atoms with E-state index in [0.29, 0.717) is 90.8 Å². The summed E-state index contributed by atoms with van der Waals surface area (Å²) in [6.07, 6.45) is 7.87. The van der Waals surface area contributed by atoms with Crippen molar-refractivity contribution >= 4 is 69.5 Å². The number of carbonyl (C=O) groups is 5. The molecular weight excluding hydrogens is 860 g/mol. The third kappa shape index (κ3) is 7.49. The molecule has 0 bridgehead atoms. The van der Waals surface area contributed by atoms with E-state index >= 15 is 4.39 Å². The first-order chi connectivity index (χ1) is 30.8. The predicted octanol–water partition coefficient (Wildman–Crippen LogP) is 6.04. The number of nitrogens with zero attached hydrogens (tertiary/aromatic N) is 2. The molecule has 2 saturated carbocycles. The minimum atomic E-state index is -1.31. The van der Waals surface area contributed by atoms with Crippen molar-refractivity contribution in [1.29, 1.82) is 0 Å². The van der Waals surface area contributed by atoms with Gasteiger partial charge in [-0.1, -0.05) is 72.5 Å². The van der Waals surface area contributed by atoms with E-state index in [0.717, 1.165) is 19.3 Å². The Hall–Kier alpha value is -5.49. The van der Waals surface area contributed by atoms with Gasteiger partial charge in [-0.3, -0.25) is 43.7 Å². The van der Waals surface area contributed by atoms with Crippen molar-refractivity contribution in [1.82, 2.24) is 30.4 Å². The van der Waals surface area contributed by atoms with Gasteiger partial charge in [0, 0.05) is 66.1 Å². The molecule has 2 aliphatic carbocycles. The number of imidazole rings is 1. The normalized spacial score (nSPS) is 26.0. The third-order valence-electron chi connectivity index (χ3n) is 14.4. The van der Waals surface area contributed by atoms with Crippen LogP contribution in [-0.2, 0) is 36.4 Å². The lowest BCUT2D eigenvalue weighted by Gasteiger charge is -2.47. The van der Waals surface area contributed by atoms with E-state index in [-0.39, 0.29) is 64.7 Å². The minimum Gasteiger partial charge on any atom is -0.356 e. The van der Waals surface area contributed by atoms with Gasteiger partial charge >= 0.3 is 5.69 Å². The second-order valence-electron chi connectivity index (χ2n) is 18.0. The zero-order chi connectivity index (χ0) is 44.9. The topological polar surface area (TPSA) is 172 Å². The van der Waals surface area contributed by atoms with E-state index in [2.05, 4.69) is 38.4 Å². The first-order valence-corrected chi connectivity index (χ1v) is 23.0. The highest BCUT2D eigenvalue weighted by molar-refractivity contribution is 6.31. The smallest absolute Gasteiger partial charge is 0.329 e. The largest absolute Gasteiger partial charge is 0.356 e. The number of nitrogens with one attached hydrogen (secondary N) is 5.